The van der Waals surface area contributed by atoms with Crippen LogP contribution in [-0.4, -0.2) is 47.6 Å². The van der Waals surface area contributed by atoms with Crippen LogP contribution in [-0.2, 0) is 4.74 Å². The number of carbonyl (C=O) groups is 1. The Bertz CT molecular complexity index is 474. The van der Waals surface area contributed by atoms with Gasteiger partial charge in [-0.05, 0) is 45.7 Å². The summed E-state index contributed by atoms with van der Waals surface area (Å²) in [5, 5.41) is 3.23. The van der Waals surface area contributed by atoms with Crippen molar-refractivity contribution in [1.29, 1.82) is 0 Å². The normalized spacial score (nSPS) is 18.9. The summed E-state index contributed by atoms with van der Waals surface area (Å²) in [4.78, 5) is 18.8. The Labute approximate surface area is 126 Å². The highest BCUT2D eigenvalue weighted by molar-refractivity contribution is 5.92. The number of hydrogen-bond donors (Lipinski definition) is 1. The molecular formula is C16H25N3O2. The molecule has 0 aliphatic carbocycles. The number of amides is 1. The van der Waals surface area contributed by atoms with Crippen molar-refractivity contribution in [3.63, 3.8) is 0 Å². The van der Waals surface area contributed by atoms with Crippen molar-refractivity contribution < 1.29 is 9.53 Å². The molecule has 5 heteroatoms. The topological polar surface area (TPSA) is 54.5 Å². The van der Waals surface area contributed by atoms with Crippen LogP contribution in [0.3, 0.4) is 0 Å². The lowest BCUT2D eigenvalue weighted by molar-refractivity contribution is 0.00704. The minimum Gasteiger partial charge on any atom is -0.377 e. The first-order chi connectivity index (χ1) is 10.1. The molecule has 0 saturated carbocycles. The van der Waals surface area contributed by atoms with E-state index in [0.29, 0.717) is 24.9 Å². The second-order valence-corrected chi connectivity index (χ2v) is 5.68. The fourth-order valence-electron chi connectivity index (χ4n) is 2.59. The Morgan fingerprint density at radius 1 is 1.52 bits per heavy atom. The fraction of sp³-hybridized carbons (Fsp3) is 0.625. The van der Waals surface area contributed by atoms with Crippen molar-refractivity contribution in [2.24, 2.45) is 0 Å². The van der Waals surface area contributed by atoms with Crippen molar-refractivity contribution in [3.05, 3.63) is 23.9 Å². The number of rotatable bonds is 5. The van der Waals surface area contributed by atoms with Crippen LogP contribution < -0.4 is 5.32 Å². The lowest BCUT2D eigenvalue weighted by Crippen LogP contribution is -2.43. The molecule has 0 bridgehead atoms. The van der Waals surface area contributed by atoms with E-state index in [1.54, 1.807) is 6.07 Å². The molecule has 1 aliphatic rings. The lowest BCUT2D eigenvalue weighted by Gasteiger charge is -2.32. The standard InChI is InChI=1S/C16H25N3O2/c1-4-21-13-7-6-10-19(11-13)16(20)14-8-5-9-15(18-14)17-12(2)3/h5,8-9,12-13H,4,6-7,10-11H2,1-3H3,(H,17,18). The number of anilines is 1. The Kier molecular flexibility index (Phi) is 5.56. The largest absolute Gasteiger partial charge is 0.377 e. The average Bonchev–Trinajstić information content (AvgIpc) is 2.47. The van der Waals surface area contributed by atoms with Crippen LogP contribution in [0.25, 0.3) is 0 Å². The molecule has 0 aromatic carbocycles. The monoisotopic (exact) mass is 291 g/mol. The van der Waals surface area contributed by atoms with Gasteiger partial charge < -0.3 is 15.0 Å². The SMILES string of the molecule is CCOC1CCCN(C(=O)c2cccc(NC(C)C)n2)C1. The lowest BCUT2D eigenvalue weighted by atomic mass is 10.1. The van der Waals surface area contributed by atoms with Crippen LogP contribution in [0.1, 0.15) is 44.1 Å². The highest BCUT2D eigenvalue weighted by Crippen LogP contribution is 2.16. The number of nitrogens with zero attached hydrogens (tertiary/aromatic N) is 2. The van der Waals surface area contributed by atoms with E-state index < -0.39 is 0 Å². The van der Waals surface area contributed by atoms with Gasteiger partial charge in [-0.3, -0.25) is 4.79 Å². The van der Waals surface area contributed by atoms with Gasteiger partial charge in [0.1, 0.15) is 11.5 Å². The first-order valence-corrected chi connectivity index (χ1v) is 7.74. The molecule has 5 nitrogen and oxygen atoms in total. The minimum atomic E-state index is -0.00758. The third-order valence-corrected chi connectivity index (χ3v) is 3.47. The second kappa shape index (κ2) is 7.41. The molecule has 116 valence electrons. The molecule has 1 atom stereocenters. The van der Waals surface area contributed by atoms with E-state index in [4.69, 9.17) is 4.74 Å². The fourth-order valence-corrected chi connectivity index (χ4v) is 2.59. The van der Waals surface area contributed by atoms with Crippen molar-refractivity contribution in [2.45, 2.75) is 45.8 Å². The minimum absolute atomic E-state index is 0.00758. The molecule has 2 heterocycles. The molecule has 0 radical (unpaired) electrons. The van der Waals surface area contributed by atoms with Crippen molar-refractivity contribution in [1.82, 2.24) is 9.88 Å². The average molecular weight is 291 g/mol. The maximum Gasteiger partial charge on any atom is 0.272 e. The summed E-state index contributed by atoms with van der Waals surface area (Å²) in [5.41, 5.74) is 0.498. The van der Waals surface area contributed by atoms with Crippen molar-refractivity contribution >= 4 is 11.7 Å². The molecule has 1 unspecified atom stereocenters. The number of aromatic nitrogens is 1. The van der Waals surface area contributed by atoms with Crippen molar-refractivity contribution in [2.75, 3.05) is 25.0 Å². The predicted octanol–water partition coefficient (Wildman–Crippen LogP) is 2.54. The van der Waals surface area contributed by atoms with Gasteiger partial charge in [0.2, 0.25) is 0 Å². The van der Waals surface area contributed by atoms with Gasteiger partial charge in [0.25, 0.3) is 5.91 Å². The molecule has 1 amide bonds. The van der Waals surface area contributed by atoms with Gasteiger partial charge in [0, 0.05) is 25.7 Å². The molecule has 1 fully saturated rings. The Hall–Kier alpha value is -1.62. The summed E-state index contributed by atoms with van der Waals surface area (Å²) < 4.78 is 5.65. The number of likely N-dealkylation sites (tertiary alicyclic amines) is 1. The highest BCUT2D eigenvalue weighted by Gasteiger charge is 2.25. The van der Waals surface area contributed by atoms with E-state index in [0.717, 1.165) is 25.2 Å². The van der Waals surface area contributed by atoms with E-state index in [2.05, 4.69) is 10.3 Å². The van der Waals surface area contributed by atoms with Gasteiger partial charge in [0.05, 0.1) is 6.10 Å². The summed E-state index contributed by atoms with van der Waals surface area (Å²) in [6.07, 6.45) is 2.17. The second-order valence-electron chi connectivity index (χ2n) is 5.68. The molecular weight excluding hydrogens is 266 g/mol. The van der Waals surface area contributed by atoms with Gasteiger partial charge in [-0.2, -0.15) is 0 Å². The van der Waals surface area contributed by atoms with Crippen molar-refractivity contribution in [3.8, 4) is 0 Å². The summed E-state index contributed by atoms with van der Waals surface area (Å²) >= 11 is 0. The smallest absolute Gasteiger partial charge is 0.272 e. The van der Waals surface area contributed by atoms with Gasteiger partial charge in [-0.15, -0.1) is 0 Å². The van der Waals surface area contributed by atoms with Crippen LogP contribution in [0.2, 0.25) is 0 Å². The quantitative estimate of drug-likeness (QED) is 0.906. The van der Waals surface area contributed by atoms with Crippen LogP contribution in [0.15, 0.2) is 18.2 Å². The molecule has 1 aliphatic heterocycles. The molecule has 1 saturated heterocycles. The Balaban J connectivity index is 2.05. The number of hydrogen-bond acceptors (Lipinski definition) is 4. The maximum atomic E-state index is 12.6. The van der Waals surface area contributed by atoms with Crippen LogP contribution >= 0.6 is 0 Å². The number of piperidine rings is 1. The number of carbonyl (C=O) groups excluding carboxylic acids is 1. The first-order valence-electron chi connectivity index (χ1n) is 7.74. The first kappa shape index (κ1) is 15.8. The third kappa shape index (κ3) is 4.43. The summed E-state index contributed by atoms with van der Waals surface area (Å²) in [6, 6.07) is 5.82. The zero-order chi connectivity index (χ0) is 15.2. The summed E-state index contributed by atoms with van der Waals surface area (Å²) in [5.74, 6) is 0.737. The van der Waals surface area contributed by atoms with E-state index in [1.165, 1.54) is 0 Å². The van der Waals surface area contributed by atoms with Crippen LogP contribution in [0, 0.1) is 0 Å². The number of nitrogens with one attached hydrogen (secondary N) is 1. The maximum absolute atomic E-state index is 12.6. The molecule has 0 spiro atoms. The summed E-state index contributed by atoms with van der Waals surface area (Å²) in [6.45, 7) is 8.23. The molecule has 21 heavy (non-hydrogen) atoms. The van der Waals surface area contributed by atoms with E-state index >= 15 is 0 Å². The summed E-state index contributed by atoms with van der Waals surface area (Å²) in [7, 11) is 0. The Morgan fingerprint density at radius 3 is 3.05 bits per heavy atom. The van der Waals surface area contributed by atoms with E-state index in [9.17, 15) is 4.79 Å². The van der Waals surface area contributed by atoms with E-state index in [-0.39, 0.29) is 12.0 Å². The van der Waals surface area contributed by atoms with Crippen LogP contribution in [0.5, 0.6) is 0 Å². The number of ether oxygens (including phenoxy) is 1. The zero-order valence-electron chi connectivity index (χ0n) is 13.1. The van der Waals surface area contributed by atoms with E-state index in [1.807, 2.05) is 37.8 Å². The molecule has 1 aromatic heterocycles. The highest BCUT2D eigenvalue weighted by atomic mass is 16.5. The molecule has 2 rings (SSSR count). The van der Waals surface area contributed by atoms with Gasteiger partial charge in [-0.25, -0.2) is 4.98 Å². The van der Waals surface area contributed by atoms with Crippen LogP contribution in [0.4, 0.5) is 5.82 Å². The van der Waals surface area contributed by atoms with Gasteiger partial charge >= 0.3 is 0 Å². The molecule has 1 N–H and O–H groups in total. The molecule has 1 aromatic rings. The third-order valence-electron chi connectivity index (χ3n) is 3.47. The Morgan fingerprint density at radius 2 is 2.33 bits per heavy atom. The van der Waals surface area contributed by atoms with Gasteiger partial charge in [-0.1, -0.05) is 6.07 Å². The predicted molar refractivity (Wildman–Crippen MR) is 83.5 cm³/mol. The zero-order valence-corrected chi connectivity index (χ0v) is 13.1. The van der Waals surface area contributed by atoms with Gasteiger partial charge in [0.15, 0.2) is 0 Å². The number of pyridine rings is 1.